The molecule has 1 N–H and O–H groups in total. The second-order valence-corrected chi connectivity index (χ2v) is 9.31. The first-order chi connectivity index (χ1) is 16.1. The Morgan fingerprint density at radius 3 is 2.45 bits per heavy atom. The molecule has 5 nitrogen and oxygen atoms in total. The number of carbonyl (C=O) groups is 2. The fraction of sp³-hybridized carbons (Fsp3) is 0.185. The number of hydrogen-bond acceptors (Lipinski definition) is 5. The highest BCUT2D eigenvalue weighted by Crippen LogP contribution is 2.42. The van der Waals surface area contributed by atoms with Crippen molar-refractivity contribution in [3.8, 4) is 0 Å². The molecule has 164 valence electrons. The zero-order valence-corrected chi connectivity index (χ0v) is 19.0. The van der Waals surface area contributed by atoms with E-state index in [0.29, 0.717) is 17.2 Å². The molecular weight excluding hydrogens is 430 g/mol. The lowest BCUT2D eigenvalue weighted by atomic mass is 10.1. The molecule has 1 aliphatic rings. The normalized spacial score (nSPS) is 14.1. The Morgan fingerprint density at radius 1 is 0.939 bits per heavy atom. The molecule has 1 saturated carbocycles. The highest BCUT2D eigenvalue weighted by Gasteiger charge is 2.29. The summed E-state index contributed by atoms with van der Waals surface area (Å²) >= 11 is 1.44. The Kier molecular flexibility index (Phi) is 5.92. The van der Waals surface area contributed by atoms with Gasteiger partial charge in [0, 0.05) is 22.6 Å². The summed E-state index contributed by atoms with van der Waals surface area (Å²) in [6, 6.07) is 24.7. The molecule has 1 atom stereocenters. The summed E-state index contributed by atoms with van der Waals surface area (Å²) in [6.45, 7) is 1.52. The van der Waals surface area contributed by atoms with Gasteiger partial charge in [-0.15, -0.1) is 0 Å². The number of hydrogen-bond donors (Lipinski definition) is 1. The largest absolute Gasteiger partial charge is 0.325 e. The molecule has 1 aliphatic carbocycles. The van der Waals surface area contributed by atoms with Gasteiger partial charge in [-0.1, -0.05) is 72.4 Å². The summed E-state index contributed by atoms with van der Waals surface area (Å²) in [5.41, 5.74) is 2.95. The van der Waals surface area contributed by atoms with Crippen molar-refractivity contribution in [3.05, 3.63) is 95.8 Å². The van der Waals surface area contributed by atoms with Gasteiger partial charge in [0.25, 0.3) is 0 Å². The zero-order chi connectivity index (χ0) is 22.8. The number of benzene rings is 3. The maximum Gasteiger partial charge on any atom is 0.242 e. The number of anilines is 1. The predicted octanol–water partition coefficient (Wildman–Crippen LogP) is 6.18. The van der Waals surface area contributed by atoms with Crippen molar-refractivity contribution in [1.29, 1.82) is 0 Å². The molecule has 4 aromatic rings. The topological polar surface area (TPSA) is 72.0 Å². The van der Waals surface area contributed by atoms with E-state index in [-0.39, 0.29) is 11.7 Å². The smallest absolute Gasteiger partial charge is 0.242 e. The second kappa shape index (κ2) is 9.16. The highest BCUT2D eigenvalue weighted by molar-refractivity contribution is 8.00. The van der Waals surface area contributed by atoms with Crippen LogP contribution in [0.1, 0.15) is 52.7 Å². The first kappa shape index (κ1) is 21.3. The van der Waals surface area contributed by atoms with E-state index >= 15 is 0 Å². The molecule has 0 radical (unpaired) electrons. The SMILES string of the molecule is CC(=O)c1cccc(NC(=O)C(Sc2nc(C3CC3)nc3ccccc23)c2ccccc2)c1. The average Bonchev–Trinajstić information content (AvgIpc) is 3.68. The van der Waals surface area contributed by atoms with E-state index in [9.17, 15) is 9.59 Å². The van der Waals surface area contributed by atoms with Gasteiger partial charge in [-0.2, -0.15) is 0 Å². The number of rotatable bonds is 7. The van der Waals surface area contributed by atoms with E-state index in [2.05, 4.69) is 5.32 Å². The third-order valence-electron chi connectivity index (χ3n) is 5.63. The third kappa shape index (κ3) is 4.81. The van der Waals surface area contributed by atoms with E-state index in [1.165, 1.54) is 18.7 Å². The van der Waals surface area contributed by atoms with Crippen LogP contribution < -0.4 is 5.32 Å². The monoisotopic (exact) mass is 453 g/mol. The predicted molar refractivity (Wildman–Crippen MR) is 132 cm³/mol. The van der Waals surface area contributed by atoms with Crippen LogP contribution in [0, 0.1) is 0 Å². The molecule has 1 unspecified atom stereocenters. The Bertz CT molecular complexity index is 1340. The van der Waals surface area contributed by atoms with Gasteiger partial charge in [0.05, 0.1) is 5.52 Å². The van der Waals surface area contributed by atoms with Crippen molar-refractivity contribution in [3.63, 3.8) is 0 Å². The number of amides is 1. The van der Waals surface area contributed by atoms with Crippen molar-refractivity contribution >= 4 is 40.0 Å². The molecule has 1 heterocycles. The number of thioether (sulfide) groups is 1. The minimum atomic E-state index is -0.516. The molecule has 1 fully saturated rings. The van der Waals surface area contributed by atoms with Crippen LogP contribution in [0.3, 0.4) is 0 Å². The maximum atomic E-state index is 13.5. The van der Waals surface area contributed by atoms with Crippen LogP contribution in [0.15, 0.2) is 83.9 Å². The fourth-order valence-corrected chi connectivity index (χ4v) is 4.84. The molecule has 3 aromatic carbocycles. The summed E-state index contributed by atoms with van der Waals surface area (Å²) in [4.78, 5) is 34.9. The number of nitrogens with one attached hydrogen (secondary N) is 1. The first-order valence-corrected chi connectivity index (χ1v) is 11.9. The van der Waals surface area contributed by atoms with Crippen LogP contribution in [-0.2, 0) is 4.79 Å². The number of aromatic nitrogens is 2. The lowest BCUT2D eigenvalue weighted by Crippen LogP contribution is -2.19. The van der Waals surface area contributed by atoms with Gasteiger partial charge < -0.3 is 5.32 Å². The molecule has 5 rings (SSSR count). The highest BCUT2D eigenvalue weighted by atomic mass is 32.2. The molecule has 0 spiro atoms. The van der Waals surface area contributed by atoms with E-state index in [1.807, 2.05) is 54.6 Å². The number of carbonyl (C=O) groups excluding carboxylic acids is 2. The van der Waals surface area contributed by atoms with Crippen LogP contribution >= 0.6 is 11.8 Å². The fourth-order valence-electron chi connectivity index (χ4n) is 3.71. The van der Waals surface area contributed by atoms with Gasteiger partial charge in [0.2, 0.25) is 5.91 Å². The number of para-hydroxylation sites is 1. The molecule has 6 heteroatoms. The van der Waals surface area contributed by atoms with Crippen molar-refractivity contribution in [2.75, 3.05) is 5.32 Å². The second-order valence-electron chi connectivity index (χ2n) is 8.21. The van der Waals surface area contributed by atoms with Crippen molar-refractivity contribution in [2.45, 2.75) is 36.0 Å². The Labute approximate surface area is 196 Å². The third-order valence-corrected chi connectivity index (χ3v) is 6.89. The average molecular weight is 454 g/mol. The Balaban J connectivity index is 1.51. The molecule has 0 bridgehead atoms. The van der Waals surface area contributed by atoms with E-state index in [1.54, 1.807) is 24.3 Å². The van der Waals surface area contributed by atoms with Crippen LogP contribution in [0.25, 0.3) is 10.9 Å². The lowest BCUT2D eigenvalue weighted by molar-refractivity contribution is -0.115. The van der Waals surface area contributed by atoms with Gasteiger partial charge in [0.1, 0.15) is 16.1 Å². The van der Waals surface area contributed by atoms with Crippen LogP contribution in [0.5, 0.6) is 0 Å². The van der Waals surface area contributed by atoms with Gasteiger partial charge in [0.15, 0.2) is 5.78 Å². The van der Waals surface area contributed by atoms with Crippen LogP contribution in [0.2, 0.25) is 0 Å². The number of ketones is 1. The Hall–Kier alpha value is -3.51. The Morgan fingerprint density at radius 2 is 1.70 bits per heavy atom. The minimum absolute atomic E-state index is 0.0415. The van der Waals surface area contributed by atoms with Crippen molar-refractivity contribution in [2.24, 2.45) is 0 Å². The van der Waals surface area contributed by atoms with E-state index < -0.39 is 5.25 Å². The van der Waals surface area contributed by atoms with Crippen molar-refractivity contribution < 1.29 is 9.59 Å². The summed E-state index contributed by atoms with van der Waals surface area (Å²) in [5, 5.41) is 4.24. The minimum Gasteiger partial charge on any atom is -0.325 e. The van der Waals surface area contributed by atoms with E-state index in [4.69, 9.17) is 9.97 Å². The molecule has 33 heavy (non-hydrogen) atoms. The first-order valence-electron chi connectivity index (χ1n) is 11.0. The number of fused-ring (bicyclic) bond motifs is 1. The maximum absolute atomic E-state index is 13.5. The summed E-state index contributed by atoms with van der Waals surface area (Å²) < 4.78 is 0. The van der Waals surface area contributed by atoms with Gasteiger partial charge in [-0.25, -0.2) is 9.97 Å². The van der Waals surface area contributed by atoms with Gasteiger partial charge in [-0.05, 0) is 43.5 Å². The molecular formula is C27H23N3O2S. The number of Topliss-reactive ketones (excluding diaryl/α,β-unsaturated/α-hetero) is 1. The molecule has 1 amide bonds. The summed E-state index contributed by atoms with van der Waals surface area (Å²) in [7, 11) is 0. The zero-order valence-electron chi connectivity index (χ0n) is 18.2. The van der Waals surface area contributed by atoms with Gasteiger partial charge in [-0.3, -0.25) is 9.59 Å². The van der Waals surface area contributed by atoms with Crippen LogP contribution in [-0.4, -0.2) is 21.7 Å². The molecule has 0 aliphatic heterocycles. The molecule has 0 saturated heterocycles. The van der Waals surface area contributed by atoms with E-state index in [0.717, 1.165) is 40.2 Å². The van der Waals surface area contributed by atoms with Crippen molar-refractivity contribution in [1.82, 2.24) is 9.97 Å². The van der Waals surface area contributed by atoms with Gasteiger partial charge >= 0.3 is 0 Å². The van der Waals surface area contributed by atoms with Crippen LogP contribution in [0.4, 0.5) is 5.69 Å². The standard InChI is InChI=1S/C27H23N3O2S/c1-17(31)20-10-7-11-21(16-20)28-26(32)24(18-8-3-2-4-9-18)33-27-22-12-5-6-13-23(22)29-25(30-27)19-14-15-19/h2-13,16,19,24H,14-15H2,1H3,(H,28,32). The quantitative estimate of drug-likeness (QED) is 0.205. The number of nitrogens with zero attached hydrogens (tertiary/aromatic N) is 2. The summed E-state index contributed by atoms with van der Waals surface area (Å²) in [6.07, 6.45) is 2.22. The summed E-state index contributed by atoms with van der Waals surface area (Å²) in [5.74, 6) is 1.06. The lowest BCUT2D eigenvalue weighted by Gasteiger charge is -2.18. The molecule has 1 aromatic heterocycles.